The highest BCUT2D eigenvalue weighted by Gasteiger charge is 2.18. The van der Waals surface area contributed by atoms with Crippen LogP contribution in [0.3, 0.4) is 0 Å². The molecule has 1 heterocycles. The van der Waals surface area contributed by atoms with E-state index >= 15 is 0 Å². The van der Waals surface area contributed by atoms with Crippen molar-refractivity contribution >= 4 is 0 Å². The van der Waals surface area contributed by atoms with Crippen molar-refractivity contribution in [1.82, 2.24) is 4.90 Å². The average molecular weight is 329 g/mol. The fourth-order valence-corrected chi connectivity index (χ4v) is 2.94. The van der Waals surface area contributed by atoms with Gasteiger partial charge in [-0.05, 0) is 30.2 Å². The molecular weight excluding hydrogens is 305 g/mol. The largest absolute Gasteiger partial charge is 0.483 e. The lowest BCUT2D eigenvalue weighted by molar-refractivity contribution is 0.0315. The molecule has 0 saturated carbocycles. The molecule has 0 aromatic heterocycles. The molecule has 0 spiro atoms. The van der Waals surface area contributed by atoms with E-state index in [0.29, 0.717) is 5.75 Å². The van der Waals surface area contributed by atoms with Gasteiger partial charge in [-0.25, -0.2) is 4.39 Å². The van der Waals surface area contributed by atoms with Crippen molar-refractivity contribution in [2.45, 2.75) is 19.4 Å². The van der Waals surface area contributed by atoms with Crippen molar-refractivity contribution < 1.29 is 13.9 Å². The van der Waals surface area contributed by atoms with Crippen LogP contribution >= 0.6 is 0 Å². The van der Waals surface area contributed by atoms with E-state index in [0.717, 1.165) is 50.4 Å². The lowest BCUT2D eigenvalue weighted by atomic mass is 10.1. The van der Waals surface area contributed by atoms with Gasteiger partial charge in [0.25, 0.3) is 0 Å². The Morgan fingerprint density at radius 2 is 1.88 bits per heavy atom. The fourth-order valence-electron chi connectivity index (χ4n) is 2.94. The van der Waals surface area contributed by atoms with Gasteiger partial charge in [0.1, 0.15) is 6.10 Å². The van der Waals surface area contributed by atoms with Gasteiger partial charge in [0.05, 0.1) is 13.2 Å². The fraction of sp³-hybridized carbons (Fsp3) is 0.400. The number of halogens is 1. The lowest BCUT2D eigenvalue weighted by Gasteiger charge is -2.28. The highest BCUT2D eigenvalue weighted by molar-refractivity contribution is 5.30. The molecule has 24 heavy (non-hydrogen) atoms. The van der Waals surface area contributed by atoms with Crippen LogP contribution in [0.2, 0.25) is 0 Å². The van der Waals surface area contributed by atoms with E-state index in [1.165, 1.54) is 6.07 Å². The summed E-state index contributed by atoms with van der Waals surface area (Å²) in [5.74, 6) is 0.0127. The van der Waals surface area contributed by atoms with Crippen molar-refractivity contribution in [3.63, 3.8) is 0 Å². The molecule has 3 rings (SSSR count). The van der Waals surface area contributed by atoms with Gasteiger partial charge in [0.2, 0.25) is 0 Å². The molecule has 0 aliphatic carbocycles. The predicted molar refractivity (Wildman–Crippen MR) is 92.8 cm³/mol. The van der Waals surface area contributed by atoms with E-state index in [4.69, 9.17) is 9.47 Å². The summed E-state index contributed by atoms with van der Waals surface area (Å²) in [6.45, 7) is 6.31. The molecule has 1 aliphatic heterocycles. The summed E-state index contributed by atoms with van der Waals surface area (Å²) in [4.78, 5) is 2.37. The van der Waals surface area contributed by atoms with Gasteiger partial charge in [-0.3, -0.25) is 4.90 Å². The Hall–Kier alpha value is -1.91. The molecular formula is C20H24FNO2. The normalized spacial score (nSPS) is 16.8. The van der Waals surface area contributed by atoms with E-state index in [9.17, 15) is 4.39 Å². The smallest absolute Gasteiger partial charge is 0.165 e. The molecule has 1 aliphatic rings. The van der Waals surface area contributed by atoms with Crippen LogP contribution in [0.5, 0.6) is 5.75 Å². The Balaban J connectivity index is 1.73. The van der Waals surface area contributed by atoms with E-state index in [1.54, 1.807) is 12.1 Å². The first-order valence-electron chi connectivity index (χ1n) is 8.50. The molecule has 0 N–H and O–H groups in total. The van der Waals surface area contributed by atoms with Crippen molar-refractivity contribution in [3.8, 4) is 5.75 Å². The summed E-state index contributed by atoms with van der Waals surface area (Å²) in [6, 6.07) is 15.0. The Morgan fingerprint density at radius 3 is 2.62 bits per heavy atom. The number of aryl methyl sites for hydroxylation is 1. The topological polar surface area (TPSA) is 21.7 Å². The van der Waals surface area contributed by atoms with Crippen LogP contribution in [0.15, 0.2) is 48.5 Å². The third-order valence-electron chi connectivity index (χ3n) is 4.34. The van der Waals surface area contributed by atoms with Gasteiger partial charge in [-0.15, -0.1) is 0 Å². The highest BCUT2D eigenvalue weighted by Crippen LogP contribution is 2.28. The summed E-state index contributed by atoms with van der Waals surface area (Å²) in [5, 5.41) is 0. The zero-order chi connectivity index (χ0) is 16.8. The van der Waals surface area contributed by atoms with Crippen molar-refractivity contribution in [3.05, 3.63) is 65.5 Å². The highest BCUT2D eigenvalue weighted by atomic mass is 19.1. The molecule has 1 saturated heterocycles. The Kier molecular flexibility index (Phi) is 5.83. The summed E-state index contributed by atoms with van der Waals surface area (Å²) < 4.78 is 25.6. The number of benzene rings is 2. The monoisotopic (exact) mass is 329 g/mol. The second kappa shape index (κ2) is 8.27. The number of nitrogens with zero attached hydrogens (tertiary/aromatic N) is 1. The van der Waals surface area contributed by atoms with Crippen LogP contribution < -0.4 is 4.74 Å². The second-order valence-electron chi connectivity index (χ2n) is 6.19. The van der Waals surface area contributed by atoms with Crippen LogP contribution in [0.25, 0.3) is 0 Å². The SMILES string of the molecule is Cc1ccc(F)c(OC(CCN2CCOCC2)c2ccccc2)c1. The Labute approximate surface area is 143 Å². The van der Waals surface area contributed by atoms with Crippen LogP contribution in [-0.2, 0) is 4.74 Å². The molecule has 3 nitrogen and oxygen atoms in total. The Bertz CT molecular complexity index is 641. The average Bonchev–Trinajstić information content (AvgIpc) is 2.63. The van der Waals surface area contributed by atoms with Gasteiger partial charge < -0.3 is 9.47 Å². The van der Waals surface area contributed by atoms with E-state index in [2.05, 4.69) is 4.90 Å². The zero-order valence-corrected chi connectivity index (χ0v) is 14.1. The number of morpholine rings is 1. The Morgan fingerprint density at radius 1 is 1.12 bits per heavy atom. The van der Waals surface area contributed by atoms with Gasteiger partial charge >= 0.3 is 0 Å². The molecule has 1 atom stereocenters. The first-order valence-corrected chi connectivity index (χ1v) is 8.50. The molecule has 0 bridgehead atoms. The quantitative estimate of drug-likeness (QED) is 0.800. The minimum Gasteiger partial charge on any atom is -0.483 e. The molecule has 2 aromatic rings. The molecule has 1 unspecified atom stereocenters. The van der Waals surface area contributed by atoms with Crippen molar-refractivity contribution in [2.24, 2.45) is 0 Å². The van der Waals surface area contributed by atoms with Gasteiger partial charge in [0.15, 0.2) is 11.6 Å². The number of hydrogen-bond donors (Lipinski definition) is 0. The van der Waals surface area contributed by atoms with E-state index in [1.807, 2.05) is 37.3 Å². The molecule has 0 radical (unpaired) electrons. The summed E-state index contributed by atoms with van der Waals surface area (Å²) in [5.41, 5.74) is 2.07. The second-order valence-corrected chi connectivity index (χ2v) is 6.19. The maximum Gasteiger partial charge on any atom is 0.165 e. The third-order valence-corrected chi connectivity index (χ3v) is 4.34. The number of ether oxygens (including phenoxy) is 2. The summed E-state index contributed by atoms with van der Waals surface area (Å²) in [6.07, 6.45) is 0.655. The van der Waals surface area contributed by atoms with Gasteiger partial charge in [-0.2, -0.15) is 0 Å². The molecule has 128 valence electrons. The maximum atomic E-state index is 14.1. The number of rotatable bonds is 6. The summed E-state index contributed by atoms with van der Waals surface area (Å²) in [7, 11) is 0. The molecule has 2 aromatic carbocycles. The zero-order valence-electron chi connectivity index (χ0n) is 14.1. The minimum atomic E-state index is -0.312. The van der Waals surface area contributed by atoms with Crippen LogP contribution in [0, 0.1) is 12.7 Å². The van der Waals surface area contributed by atoms with Crippen LogP contribution in [0.1, 0.15) is 23.7 Å². The van der Waals surface area contributed by atoms with Crippen LogP contribution in [0.4, 0.5) is 4.39 Å². The predicted octanol–water partition coefficient (Wildman–Crippen LogP) is 3.98. The van der Waals surface area contributed by atoms with Crippen molar-refractivity contribution in [2.75, 3.05) is 32.8 Å². The minimum absolute atomic E-state index is 0.162. The van der Waals surface area contributed by atoms with Gasteiger partial charge in [-0.1, -0.05) is 36.4 Å². The molecule has 4 heteroatoms. The summed E-state index contributed by atoms with van der Waals surface area (Å²) >= 11 is 0. The van der Waals surface area contributed by atoms with E-state index in [-0.39, 0.29) is 11.9 Å². The molecule has 1 fully saturated rings. The molecule has 0 amide bonds. The first kappa shape index (κ1) is 16.9. The van der Waals surface area contributed by atoms with Crippen molar-refractivity contribution in [1.29, 1.82) is 0 Å². The van der Waals surface area contributed by atoms with E-state index < -0.39 is 0 Å². The first-order chi connectivity index (χ1) is 11.7. The van der Waals surface area contributed by atoms with Crippen LogP contribution in [-0.4, -0.2) is 37.7 Å². The standard InChI is InChI=1S/C20H24FNO2/c1-16-7-8-18(21)20(15-16)24-19(17-5-3-2-4-6-17)9-10-22-11-13-23-14-12-22/h2-8,15,19H,9-14H2,1H3. The lowest BCUT2D eigenvalue weighted by Crippen LogP contribution is -2.37. The maximum absolute atomic E-state index is 14.1. The third kappa shape index (κ3) is 4.56. The number of hydrogen-bond acceptors (Lipinski definition) is 3. The van der Waals surface area contributed by atoms with Gasteiger partial charge in [0, 0.05) is 26.1 Å².